The minimum atomic E-state index is -0.539. The average Bonchev–Trinajstić information content (AvgIpc) is 3.08. The van der Waals surface area contributed by atoms with Crippen molar-refractivity contribution in [3.05, 3.63) is 70.9 Å². The molecule has 1 aromatic carbocycles. The van der Waals surface area contributed by atoms with Crippen LogP contribution in [0.1, 0.15) is 81.4 Å². The van der Waals surface area contributed by atoms with Crippen molar-refractivity contribution in [1.82, 2.24) is 4.98 Å². The van der Waals surface area contributed by atoms with Crippen molar-refractivity contribution in [3.63, 3.8) is 0 Å². The molecular formula is C30H35FN2O3. The Kier molecular flexibility index (Phi) is 6.48. The Hall–Kier alpha value is -3.02. The van der Waals surface area contributed by atoms with Gasteiger partial charge in [-0.1, -0.05) is 32.9 Å². The molecule has 0 saturated heterocycles. The van der Waals surface area contributed by atoms with E-state index < -0.39 is 5.41 Å². The van der Waals surface area contributed by atoms with Crippen LogP contribution in [0.25, 0.3) is 0 Å². The zero-order chi connectivity index (χ0) is 25.6. The molecule has 3 aliphatic rings. The molecule has 5 atom stereocenters. The lowest BCUT2D eigenvalue weighted by atomic mass is 9.54. The van der Waals surface area contributed by atoms with Crippen molar-refractivity contribution in [3.8, 4) is 0 Å². The second kappa shape index (κ2) is 9.45. The molecule has 0 aliphatic heterocycles. The number of benzene rings is 1. The van der Waals surface area contributed by atoms with Gasteiger partial charge in [-0.15, -0.1) is 0 Å². The lowest BCUT2D eigenvalue weighted by Gasteiger charge is -2.49. The lowest BCUT2D eigenvalue weighted by molar-refractivity contribution is -0.127. The number of Topliss-reactive ketones (excluding diaryl/α,β-unsaturated/α-hetero) is 1. The molecule has 2 aromatic rings. The number of pyridine rings is 1. The highest BCUT2D eigenvalue weighted by atomic mass is 19.1. The summed E-state index contributed by atoms with van der Waals surface area (Å²) in [5.74, 6) is 0.977. The number of hydrogen-bond acceptors (Lipinski definition) is 4. The number of amides is 1. The standard InChI is InChI=1S/C30H35FN2O3/c1-17(2)19-5-10-26(32-15-19)33-27(35)11-9-24-25(16-34)29(36)30(3)13-12-22-21-8-6-20(31)14-18(21)4-7-23(22)28(24)30/h5-6,8,10,14-17,22-24,28,34H,4,7,9,11-13H2,1-3H3,(H,32,33,35)/b25-16-/t22?,23?,24-,28?,30+/m1/s1. The van der Waals surface area contributed by atoms with Crippen LogP contribution >= 0.6 is 0 Å². The molecular weight excluding hydrogens is 455 g/mol. The SMILES string of the molecule is CC(C)c1ccc(NC(=O)CC[C@@H]2/C(=C/O)C(=O)[C@@]3(C)CCC4c5ccc(F)cc5CCC4C23)nc1. The van der Waals surface area contributed by atoms with Gasteiger partial charge < -0.3 is 10.4 Å². The highest BCUT2D eigenvalue weighted by Crippen LogP contribution is 2.63. The highest BCUT2D eigenvalue weighted by Gasteiger charge is 2.60. The summed E-state index contributed by atoms with van der Waals surface area (Å²) in [5.41, 5.74) is 3.31. The van der Waals surface area contributed by atoms with Gasteiger partial charge >= 0.3 is 0 Å². The Labute approximate surface area is 212 Å². The summed E-state index contributed by atoms with van der Waals surface area (Å²) < 4.78 is 13.9. The van der Waals surface area contributed by atoms with Gasteiger partial charge in [0.15, 0.2) is 5.78 Å². The number of ketones is 1. The summed E-state index contributed by atoms with van der Waals surface area (Å²) in [5, 5.41) is 13.0. The molecule has 1 aromatic heterocycles. The summed E-state index contributed by atoms with van der Waals surface area (Å²) >= 11 is 0. The van der Waals surface area contributed by atoms with Crippen molar-refractivity contribution >= 4 is 17.5 Å². The van der Waals surface area contributed by atoms with Crippen LogP contribution in [0.3, 0.4) is 0 Å². The Morgan fingerprint density at radius 1 is 1.28 bits per heavy atom. The fraction of sp³-hybridized carbons (Fsp3) is 0.500. The number of hydrogen-bond donors (Lipinski definition) is 2. The van der Waals surface area contributed by atoms with Crippen LogP contribution in [0.2, 0.25) is 0 Å². The van der Waals surface area contributed by atoms with Gasteiger partial charge in [0.2, 0.25) is 5.91 Å². The van der Waals surface area contributed by atoms with Gasteiger partial charge in [0, 0.05) is 23.6 Å². The van der Waals surface area contributed by atoms with Gasteiger partial charge in [-0.05, 0) is 96.6 Å². The summed E-state index contributed by atoms with van der Waals surface area (Å²) in [6.07, 6.45) is 6.81. The summed E-state index contributed by atoms with van der Waals surface area (Å²) in [7, 11) is 0. The van der Waals surface area contributed by atoms with Gasteiger partial charge in [-0.3, -0.25) is 9.59 Å². The van der Waals surface area contributed by atoms with Gasteiger partial charge in [-0.2, -0.15) is 0 Å². The number of carbonyl (C=O) groups is 2. The molecule has 6 heteroatoms. The normalized spacial score (nSPS) is 30.1. The van der Waals surface area contributed by atoms with Crippen LogP contribution < -0.4 is 5.32 Å². The molecule has 36 heavy (non-hydrogen) atoms. The maximum atomic E-state index is 13.9. The maximum Gasteiger partial charge on any atom is 0.225 e. The van der Waals surface area contributed by atoms with Gasteiger partial charge in [-0.25, -0.2) is 9.37 Å². The Balaban J connectivity index is 1.35. The number of anilines is 1. The fourth-order valence-corrected chi connectivity index (χ4v) is 7.30. The molecule has 3 unspecified atom stereocenters. The molecule has 1 heterocycles. The topological polar surface area (TPSA) is 79.3 Å². The molecule has 1 amide bonds. The zero-order valence-electron chi connectivity index (χ0n) is 21.3. The highest BCUT2D eigenvalue weighted by molar-refractivity contribution is 6.03. The number of aryl methyl sites for hydroxylation is 1. The third kappa shape index (κ3) is 4.14. The minimum absolute atomic E-state index is 0.0229. The first-order valence-electron chi connectivity index (χ1n) is 13.2. The number of aliphatic hydroxyl groups is 1. The van der Waals surface area contributed by atoms with E-state index in [0.717, 1.165) is 43.1 Å². The molecule has 5 nitrogen and oxygen atoms in total. The van der Waals surface area contributed by atoms with Gasteiger partial charge in [0.25, 0.3) is 0 Å². The van der Waals surface area contributed by atoms with Crippen LogP contribution in [0.5, 0.6) is 0 Å². The number of rotatable bonds is 5. The maximum absolute atomic E-state index is 13.9. The molecule has 3 aliphatic carbocycles. The predicted octanol–water partition coefficient (Wildman–Crippen LogP) is 6.47. The first kappa shape index (κ1) is 24.7. The number of nitrogens with zero attached hydrogens (tertiary/aromatic N) is 1. The number of nitrogens with one attached hydrogen (secondary N) is 1. The Morgan fingerprint density at radius 2 is 2.08 bits per heavy atom. The molecule has 2 fully saturated rings. The quantitative estimate of drug-likeness (QED) is 0.372. The number of halogens is 1. The third-order valence-corrected chi connectivity index (χ3v) is 9.10. The number of aliphatic hydroxyl groups excluding tert-OH is 1. The molecule has 0 spiro atoms. The van der Waals surface area contributed by atoms with Crippen LogP contribution in [0.4, 0.5) is 10.2 Å². The smallest absolute Gasteiger partial charge is 0.225 e. The van der Waals surface area contributed by atoms with Gasteiger partial charge in [0.1, 0.15) is 11.6 Å². The van der Waals surface area contributed by atoms with Crippen LogP contribution in [-0.2, 0) is 16.0 Å². The van der Waals surface area contributed by atoms with Crippen LogP contribution in [-0.4, -0.2) is 21.8 Å². The van der Waals surface area contributed by atoms with E-state index >= 15 is 0 Å². The van der Waals surface area contributed by atoms with Crippen molar-refractivity contribution in [2.45, 2.75) is 71.1 Å². The second-order valence-corrected chi connectivity index (χ2v) is 11.4. The van der Waals surface area contributed by atoms with E-state index in [0.29, 0.717) is 23.7 Å². The number of fused-ring (bicyclic) bond motifs is 5. The lowest BCUT2D eigenvalue weighted by Crippen LogP contribution is -2.44. The van der Waals surface area contributed by atoms with Crippen molar-refractivity contribution < 1.29 is 19.1 Å². The van der Waals surface area contributed by atoms with E-state index in [4.69, 9.17) is 0 Å². The molecule has 2 saturated carbocycles. The molecule has 0 bridgehead atoms. The Morgan fingerprint density at radius 3 is 2.78 bits per heavy atom. The summed E-state index contributed by atoms with van der Waals surface area (Å²) in [6, 6.07) is 8.90. The van der Waals surface area contributed by atoms with Crippen LogP contribution in [0, 0.1) is 29.0 Å². The number of carbonyl (C=O) groups excluding carboxylic acids is 2. The first-order chi connectivity index (χ1) is 17.2. The van der Waals surface area contributed by atoms with E-state index in [-0.39, 0.29) is 47.6 Å². The van der Waals surface area contributed by atoms with E-state index in [9.17, 15) is 19.1 Å². The molecule has 5 rings (SSSR count). The number of aromatic nitrogens is 1. The average molecular weight is 491 g/mol. The monoisotopic (exact) mass is 490 g/mol. The molecule has 190 valence electrons. The van der Waals surface area contributed by atoms with Crippen molar-refractivity contribution in [1.29, 1.82) is 0 Å². The number of allylic oxidation sites excluding steroid dienone is 1. The predicted molar refractivity (Wildman–Crippen MR) is 137 cm³/mol. The van der Waals surface area contributed by atoms with E-state index in [2.05, 4.69) is 24.1 Å². The van der Waals surface area contributed by atoms with Gasteiger partial charge in [0.05, 0.1) is 6.26 Å². The third-order valence-electron chi connectivity index (χ3n) is 9.10. The zero-order valence-corrected chi connectivity index (χ0v) is 21.3. The first-order valence-corrected chi connectivity index (χ1v) is 13.2. The van der Waals surface area contributed by atoms with Crippen LogP contribution in [0.15, 0.2) is 48.4 Å². The van der Waals surface area contributed by atoms with Crippen molar-refractivity contribution in [2.75, 3.05) is 5.32 Å². The molecule has 2 N–H and O–H groups in total. The van der Waals surface area contributed by atoms with E-state index in [1.807, 2.05) is 25.1 Å². The summed E-state index contributed by atoms with van der Waals surface area (Å²) in [6.45, 7) is 6.23. The minimum Gasteiger partial charge on any atom is -0.515 e. The van der Waals surface area contributed by atoms with E-state index in [1.165, 1.54) is 11.6 Å². The second-order valence-electron chi connectivity index (χ2n) is 11.4. The van der Waals surface area contributed by atoms with E-state index in [1.54, 1.807) is 12.3 Å². The fourth-order valence-electron chi connectivity index (χ4n) is 7.30. The molecule has 0 radical (unpaired) electrons. The largest absolute Gasteiger partial charge is 0.515 e. The van der Waals surface area contributed by atoms with Crippen molar-refractivity contribution in [2.24, 2.45) is 23.2 Å². The Bertz CT molecular complexity index is 1210. The summed E-state index contributed by atoms with van der Waals surface area (Å²) in [4.78, 5) is 30.7.